The maximum atomic E-state index is 9.32. The molecule has 94 valence electrons. The average Bonchev–Trinajstić information content (AvgIpc) is 2.38. The van der Waals surface area contributed by atoms with Crippen molar-refractivity contribution in [1.82, 2.24) is 0 Å². The van der Waals surface area contributed by atoms with E-state index < -0.39 is 0 Å². The van der Waals surface area contributed by atoms with Gasteiger partial charge in [-0.1, -0.05) is 37.5 Å². The van der Waals surface area contributed by atoms with E-state index in [9.17, 15) is 5.11 Å². The van der Waals surface area contributed by atoms with Crippen LogP contribution in [0.25, 0.3) is 0 Å². The van der Waals surface area contributed by atoms with Gasteiger partial charge < -0.3 is 5.11 Å². The monoisotopic (exact) mass is 344 g/mol. The van der Waals surface area contributed by atoms with Gasteiger partial charge in [0.05, 0.1) is 0 Å². The first-order chi connectivity index (χ1) is 8.33. The SMILES string of the molecule is OCCC(c1ccccc1I)C1CCCCC1. The van der Waals surface area contributed by atoms with Gasteiger partial charge in [-0.3, -0.25) is 0 Å². The van der Waals surface area contributed by atoms with Gasteiger partial charge in [-0.05, 0) is 65.3 Å². The van der Waals surface area contributed by atoms with Crippen LogP contribution in [0.2, 0.25) is 0 Å². The molecule has 1 aliphatic rings. The molecule has 0 radical (unpaired) electrons. The Balaban J connectivity index is 2.18. The molecule has 1 fully saturated rings. The zero-order chi connectivity index (χ0) is 12.1. The van der Waals surface area contributed by atoms with E-state index in [1.54, 1.807) is 0 Å². The quantitative estimate of drug-likeness (QED) is 0.806. The Morgan fingerprint density at radius 3 is 2.53 bits per heavy atom. The number of benzene rings is 1. The molecule has 0 amide bonds. The number of hydrogen-bond acceptors (Lipinski definition) is 1. The lowest BCUT2D eigenvalue weighted by Crippen LogP contribution is -2.18. The molecule has 1 N–H and O–H groups in total. The fourth-order valence-corrected chi connectivity index (χ4v) is 3.88. The van der Waals surface area contributed by atoms with Crippen molar-refractivity contribution in [1.29, 1.82) is 0 Å². The van der Waals surface area contributed by atoms with Gasteiger partial charge in [0.15, 0.2) is 0 Å². The predicted molar refractivity (Wildman–Crippen MR) is 80.2 cm³/mol. The van der Waals surface area contributed by atoms with E-state index in [2.05, 4.69) is 46.9 Å². The van der Waals surface area contributed by atoms with Gasteiger partial charge in [-0.25, -0.2) is 0 Å². The van der Waals surface area contributed by atoms with Crippen LogP contribution in [0.3, 0.4) is 0 Å². The molecule has 1 nitrogen and oxygen atoms in total. The topological polar surface area (TPSA) is 20.2 Å². The lowest BCUT2D eigenvalue weighted by Gasteiger charge is -2.31. The van der Waals surface area contributed by atoms with Crippen LogP contribution in [0.1, 0.15) is 50.0 Å². The fourth-order valence-electron chi connectivity index (χ4n) is 3.10. The van der Waals surface area contributed by atoms with E-state index in [1.165, 1.54) is 41.2 Å². The van der Waals surface area contributed by atoms with E-state index in [0.717, 1.165) is 12.3 Å². The summed E-state index contributed by atoms with van der Waals surface area (Å²) < 4.78 is 1.36. The highest BCUT2D eigenvalue weighted by atomic mass is 127. The van der Waals surface area contributed by atoms with Crippen molar-refractivity contribution in [3.8, 4) is 0 Å². The smallest absolute Gasteiger partial charge is 0.0436 e. The van der Waals surface area contributed by atoms with Crippen molar-refractivity contribution in [2.75, 3.05) is 6.61 Å². The summed E-state index contributed by atoms with van der Waals surface area (Å²) in [5.74, 6) is 1.35. The van der Waals surface area contributed by atoms with Gasteiger partial charge in [0.1, 0.15) is 0 Å². The maximum absolute atomic E-state index is 9.32. The van der Waals surface area contributed by atoms with Gasteiger partial charge in [0.25, 0.3) is 0 Å². The summed E-state index contributed by atoms with van der Waals surface area (Å²) in [6.07, 6.45) is 7.75. The Morgan fingerprint density at radius 1 is 1.18 bits per heavy atom. The first-order valence-corrected chi connectivity index (χ1v) is 7.76. The van der Waals surface area contributed by atoms with Crippen LogP contribution in [0.5, 0.6) is 0 Å². The molecule has 1 aliphatic carbocycles. The van der Waals surface area contributed by atoms with Crippen LogP contribution in [-0.2, 0) is 0 Å². The van der Waals surface area contributed by atoms with Crippen molar-refractivity contribution < 1.29 is 5.11 Å². The standard InChI is InChI=1S/C15H21IO/c16-15-9-5-4-8-14(15)13(10-11-17)12-6-2-1-3-7-12/h4-5,8-9,12-13,17H,1-3,6-7,10-11H2. The summed E-state index contributed by atoms with van der Waals surface area (Å²) in [5, 5.41) is 9.32. The second-order valence-electron chi connectivity index (χ2n) is 5.04. The summed E-state index contributed by atoms with van der Waals surface area (Å²) in [7, 11) is 0. The number of halogens is 1. The molecular formula is C15H21IO. The Kier molecular flexibility index (Phi) is 5.29. The van der Waals surface area contributed by atoms with E-state index >= 15 is 0 Å². The Labute approximate surface area is 118 Å². The molecule has 1 unspecified atom stereocenters. The third-order valence-electron chi connectivity index (χ3n) is 3.96. The Hall–Kier alpha value is -0.0900. The highest BCUT2D eigenvalue weighted by Gasteiger charge is 2.25. The maximum Gasteiger partial charge on any atom is 0.0436 e. The van der Waals surface area contributed by atoms with Crippen molar-refractivity contribution in [3.05, 3.63) is 33.4 Å². The lowest BCUT2D eigenvalue weighted by atomic mass is 9.75. The molecule has 2 rings (SSSR count). The molecule has 1 aromatic carbocycles. The highest BCUT2D eigenvalue weighted by Crippen LogP contribution is 2.39. The summed E-state index contributed by atoms with van der Waals surface area (Å²) >= 11 is 2.43. The van der Waals surface area contributed by atoms with Crippen molar-refractivity contribution in [2.24, 2.45) is 5.92 Å². The molecule has 0 aliphatic heterocycles. The Bertz CT molecular complexity index is 345. The van der Waals surface area contributed by atoms with Crippen molar-refractivity contribution in [2.45, 2.75) is 44.4 Å². The summed E-state index contributed by atoms with van der Waals surface area (Å²) in [6, 6.07) is 8.66. The molecule has 0 aromatic heterocycles. The molecule has 1 atom stereocenters. The second kappa shape index (κ2) is 6.74. The molecule has 1 saturated carbocycles. The number of rotatable bonds is 4. The molecule has 0 saturated heterocycles. The molecule has 0 heterocycles. The van der Waals surface area contributed by atoms with Crippen LogP contribution in [-0.4, -0.2) is 11.7 Å². The van der Waals surface area contributed by atoms with Gasteiger partial charge in [-0.2, -0.15) is 0 Å². The number of hydrogen-bond donors (Lipinski definition) is 1. The third-order valence-corrected chi connectivity index (χ3v) is 4.95. The number of aliphatic hydroxyl groups is 1. The predicted octanol–water partition coefficient (Wildman–Crippen LogP) is 4.34. The van der Waals surface area contributed by atoms with Crippen molar-refractivity contribution >= 4 is 22.6 Å². The minimum atomic E-state index is 0.312. The molecule has 2 heteroatoms. The number of aliphatic hydroxyl groups excluding tert-OH is 1. The zero-order valence-corrected chi connectivity index (χ0v) is 12.4. The van der Waals surface area contributed by atoms with E-state index in [-0.39, 0.29) is 0 Å². The molecule has 0 spiro atoms. The third kappa shape index (κ3) is 3.44. The second-order valence-corrected chi connectivity index (χ2v) is 6.20. The lowest BCUT2D eigenvalue weighted by molar-refractivity contribution is 0.228. The van der Waals surface area contributed by atoms with Gasteiger partial charge in [0.2, 0.25) is 0 Å². The molecule has 0 bridgehead atoms. The summed E-state index contributed by atoms with van der Waals surface area (Å²) in [6.45, 7) is 0.312. The van der Waals surface area contributed by atoms with Crippen LogP contribution in [0, 0.1) is 9.49 Å². The fraction of sp³-hybridized carbons (Fsp3) is 0.600. The average molecular weight is 344 g/mol. The van der Waals surface area contributed by atoms with Gasteiger partial charge in [-0.15, -0.1) is 0 Å². The van der Waals surface area contributed by atoms with E-state index in [1.807, 2.05) is 0 Å². The van der Waals surface area contributed by atoms with E-state index in [4.69, 9.17) is 0 Å². The van der Waals surface area contributed by atoms with Gasteiger partial charge in [0, 0.05) is 10.2 Å². The van der Waals surface area contributed by atoms with Crippen molar-refractivity contribution in [3.63, 3.8) is 0 Å². The molecule has 1 aromatic rings. The molecular weight excluding hydrogens is 323 g/mol. The largest absolute Gasteiger partial charge is 0.396 e. The van der Waals surface area contributed by atoms with Crippen LogP contribution in [0.15, 0.2) is 24.3 Å². The first-order valence-electron chi connectivity index (χ1n) is 6.68. The highest BCUT2D eigenvalue weighted by molar-refractivity contribution is 14.1. The normalized spacial score (nSPS) is 19.2. The first kappa shape index (κ1) is 13.3. The Morgan fingerprint density at radius 2 is 1.88 bits per heavy atom. The van der Waals surface area contributed by atoms with Crippen LogP contribution < -0.4 is 0 Å². The minimum Gasteiger partial charge on any atom is -0.396 e. The summed E-state index contributed by atoms with van der Waals surface area (Å²) in [4.78, 5) is 0. The minimum absolute atomic E-state index is 0.312. The van der Waals surface area contributed by atoms with Crippen LogP contribution >= 0.6 is 22.6 Å². The summed E-state index contributed by atoms with van der Waals surface area (Å²) in [5.41, 5.74) is 1.45. The molecule has 17 heavy (non-hydrogen) atoms. The zero-order valence-electron chi connectivity index (χ0n) is 10.2. The van der Waals surface area contributed by atoms with Crippen LogP contribution in [0.4, 0.5) is 0 Å². The van der Waals surface area contributed by atoms with E-state index in [0.29, 0.717) is 12.5 Å². The van der Waals surface area contributed by atoms with Gasteiger partial charge >= 0.3 is 0 Å².